The Morgan fingerprint density at radius 2 is 2.43 bits per heavy atom. The van der Waals surface area contributed by atoms with E-state index >= 15 is 0 Å². The predicted octanol–water partition coefficient (Wildman–Crippen LogP) is 2.81. The molecule has 0 aliphatic carbocycles. The first-order chi connectivity index (χ1) is 6.74. The molecular weight excluding hydrogens is 200 g/mol. The van der Waals surface area contributed by atoms with Crippen molar-refractivity contribution in [3.8, 4) is 0 Å². The van der Waals surface area contributed by atoms with Gasteiger partial charge in [0, 0.05) is 29.8 Å². The van der Waals surface area contributed by atoms with E-state index in [1.165, 1.54) is 0 Å². The molecule has 0 atom stereocenters. The van der Waals surface area contributed by atoms with Gasteiger partial charge < -0.3 is 4.98 Å². The zero-order valence-corrected chi connectivity index (χ0v) is 8.43. The van der Waals surface area contributed by atoms with Gasteiger partial charge >= 0.3 is 0 Å². The maximum atomic E-state index is 11.5. The van der Waals surface area contributed by atoms with E-state index in [2.05, 4.69) is 9.97 Å². The maximum Gasteiger partial charge on any atom is 0.164 e. The minimum Gasteiger partial charge on any atom is -0.345 e. The summed E-state index contributed by atoms with van der Waals surface area (Å²) in [7, 11) is 0. The van der Waals surface area contributed by atoms with Gasteiger partial charge in [0.05, 0.1) is 5.02 Å². The topological polar surface area (TPSA) is 45.8 Å². The van der Waals surface area contributed by atoms with E-state index in [1.807, 2.05) is 6.92 Å². The van der Waals surface area contributed by atoms with Gasteiger partial charge in [0.2, 0.25) is 0 Å². The molecule has 4 heteroatoms. The van der Waals surface area contributed by atoms with Gasteiger partial charge in [-0.1, -0.05) is 18.5 Å². The molecule has 0 spiro atoms. The van der Waals surface area contributed by atoms with E-state index < -0.39 is 0 Å². The van der Waals surface area contributed by atoms with Gasteiger partial charge in [-0.2, -0.15) is 0 Å². The number of pyridine rings is 1. The Kier molecular flexibility index (Phi) is 2.25. The molecule has 14 heavy (non-hydrogen) atoms. The zero-order chi connectivity index (χ0) is 10.1. The van der Waals surface area contributed by atoms with Gasteiger partial charge in [-0.15, -0.1) is 0 Å². The summed E-state index contributed by atoms with van der Waals surface area (Å²) in [5.41, 5.74) is 1.29. The summed E-state index contributed by atoms with van der Waals surface area (Å²) in [6, 6.07) is 1.68. The summed E-state index contributed by atoms with van der Waals surface area (Å²) in [6.45, 7) is 1.82. The number of rotatable bonds is 2. The van der Waals surface area contributed by atoms with Crippen molar-refractivity contribution in [3.05, 3.63) is 29.0 Å². The molecule has 0 saturated carbocycles. The average Bonchev–Trinajstić information content (AvgIpc) is 2.62. The molecule has 3 nitrogen and oxygen atoms in total. The fraction of sp³-hybridized carbons (Fsp3) is 0.200. The maximum absolute atomic E-state index is 11.5. The van der Waals surface area contributed by atoms with E-state index in [0.717, 1.165) is 5.39 Å². The highest BCUT2D eigenvalue weighted by Gasteiger charge is 2.13. The van der Waals surface area contributed by atoms with Gasteiger partial charge in [0.25, 0.3) is 0 Å². The summed E-state index contributed by atoms with van der Waals surface area (Å²) in [6.07, 6.45) is 3.74. The molecule has 0 aromatic carbocycles. The number of aromatic amines is 1. The molecule has 1 N–H and O–H groups in total. The molecule has 2 aromatic heterocycles. The minimum atomic E-state index is 0.0751. The Hall–Kier alpha value is -1.35. The third-order valence-corrected chi connectivity index (χ3v) is 2.46. The van der Waals surface area contributed by atoms with Crippen molar-refractivity contribution in [2.24, 2.45) is 0 Å². The van der Waals surface area contributed by atoms with Crippen LogP contribution in [-0.2, 0) is 0 Å². The van der Waals surface area contributed by atoms with Gasteiger partial charge in [-0.05, 0) is 6.07 Å². The highest BCUT2D eigenvalue weighted by molar-refractivity contribution is 6.36. The van der Waals surface area contributed by atoms with Crippen molar-refractivity contribution >= 4 is 28.4 Å². The van der Waals surface area contributed by atoms with Crippen LogP contribution < -0.4 is 0 Å². The molecule has 0 unspecified atom stereocenters. The van der Waals surface area contributed by atoms with Crippen LogP contribution in [0.25, 0.3) is 11.0 Å². The van der Waals surface area contributed by atoms with Gasteiger partial charge in [-0.25, -0.2) is 4.98 Å². The second kappa shape index (κ2) is 3.42. The molecule has 0 bridgehead atoms. The zero-order valence-electron chi connectivity index (χ0n) is 7.67. The smallest absolute Gasteiger partial charge is 0.164 e. The van der Waals surface area contributed by atoms with E-state index in [-0.39, 0.29) is 5.78 Å². The normalized spacial score (nSPS) is 10.7. The fourth-order valence-electron chi connectivity index (χ4n) is 1.43. The summed E-state index contributed by atoms with van der Waals surface area (Å²) < 4.78 is 0. The van der Waals surface area contributed by atoms with E-state index in [9.17, 15) is 4.79 Å². The van der Waals surface area contributed by atoms with Crippen LogP contribution in [0.4, 0.5) is 0 Å². The second-order valence-electron chi connectivity index (χ2n) is 3.00. The number of halogens is 1. The number of ketones is 1. The number of aromatic nitrogens is 2. The predicted molar refractivity (Wildman–Crippen MR) is 55.7 cm³/mol. The van der Waals surface area contributed by atoms with Crippen molar-refractivity contribution in [2.75, 3.05) is 0 Å². The molecule has 2 rings (SSSR count). The molecule has 0 amide bonds. The number of fused-ring (bicyclic) bond motifs is 1. The largest absolute Gasteiger partial charge is 0.345 e. The van der Waals surface area contributed by atoms with Crippen LogP contribution in [0.5, 0.6) is 0 Å². The number of Topliss-reactive ketones (excluding diaryl/α,β-unsaturated/α-hetero) is 1. The van der Waals surface area contributed by atoms with Crippen molar-refractivity contribution in [1.82, 2.24) is 9.97 Å². The first-order valence-electron chi connectivity index (χ1n) is 4.38. The van der Waals surface area contributed by atoms with Crippen LogP contribution in [0.1, 0.15) is 23.7 Å². The lowest BCUT2D eigenvalue weighted by atomic mass is 10.1. The highest BCUT2D eigenvalue weighted by atomic mass is 35.5. The number of nitrogens with one attached hydrogen (secondary N) is 1. The average molecular weight is 209 g/mol. The van der Waals surface area contributed by atoms with Crippen molar-refractivity contribution < 1.29 is 4.79 Å². The Bertz CT molecular complexity index is 490. The lowest BCUT2D eigenvalue weighted by Gasteiger charge is -1.96. The van der Waals surface area contributed by atoms with Gasteiger partial charge in [-0.3, -0.25) is 4.79 Å². The van der Waals surface area contributed by atoms with E-state index in [1.54, 1.807) is 18.5 Å². The summed E-state index contributed by atoms with van der Waals surface area (Å²) in [5.74, 6) is 0.0751. The summed E-state index contributed by atoms with van der Waals surface area (Å²) >= 11 is 5.99. The summed E-state index contributed by atoms with van der Waals surface area (Å²) in [4.78, 5) is 18.5. The second-order valence-corrected chi connectivity index (χ2v) is 3.40. The van der Waals surface area contributed by atoms with E-state index in [4.69, 9.17) is 11.6 Å². The first-order valence-corrected chi connectivity index (χ1v) is 4.76. The summed E-state index contributed by atoms with van der Waals surface area (Å²) in [5, 5.41) is 1.29. The van der Waals surface area contributed by atoms with Crippen LogP contribution in [0.3, 0.4) is 0 Å². The van der Waals surface area contributed by atoms with Crippen LogP contribution in [-0.4, -0.2) is 15.8 Å². The quantitative estimate of drug-likeness (QED) is 0.772. The van der Waals surface area contributed by atoms with E-state index in [0.29, 0.717) is 22.7 Å². The van der Waals surface area contributed by atoms with Crippen molar-refractivity contribution in [3.63, 3.8) is 0 Å². The first kappa shape index (κ1) is 9.21. The monoisotopic (exact) mass is 208 g/mol. The Labute approximate surface area is 86.1 Å². The van der Waals surface area contributed by atoms with Crippen LogP contribution in [0.2, 0.25) is 5.02 Å². The van der Waals surface area contributed by atoms with Crippen LogP contribution >= 0.6 is 11.6 Å². The third-order valence-electron chi connectivity index (χ3n) is 2.14. The van der Waals surface area contributed by atoms with Crippen LogP contribution in [0, 0.1) is 0 Å². The lowest BCUT2D eigenvalue weighted by molar-refractivity contribution is 0.0990. The standard InChI is InChI=1S/C10H9ClN2O/c1-2-8(14)6-5-13-10-9(6)7(11)3-4-12-10/h3-5H,2H2,1H3,(H,12,13). The molecule has 0 aliphatic heterocycles. The fourth-order valence-corrected chi connectivity index (χ4v) is 1.67. The number of carbonyl (C=O) groups excluding carboxylic acids is 1. The SMILES string of the molecule is CCC(=O)c1c[nH]c2nccc(Cl)c12. The highest BCUT2D eigenvalue weighted by Crippen LogP contribution is 2.25. The third kappa shape index (κ3) is 1.30. The molecule has 0 aliphatic rings. The number of hydrogen-bond acceptors (Lipinski definition) is 2. The number of hydrogen-bond donors (Lipinski definition) is 1. The molecule has 0 saturated heterocycles. The van der Waals surface area contributed by atoms with Gasteiger partial charge in [0.1, 0.15) is 5.65 Å². The van der Waals surface area contributed by atoms with Crippen LogP contribution in [0.15, 0.2) is 18.5 Å². The van der Waals surface area contributed by atoms with Gasteiger partial charge in [0.15, 0.2) is 5.78 Å². The Morgan fingerprint density at radius 1 is 1.64 bits per heavy atom. The molecule has 72 valence electrons. The molecule has 2 heterocycles. The molecular formula is C10H9ClN2O. The lowest BCUT2D eigenvalue weighted by Crippen LogP contribution is -1.94. The Balaban J connectivity index is 2.73. The molecule has 2 aromatic rings. The number of carbonyl (C=O) groups is 1. The minimum absolute atomic E-state index is 0.0751. The number of H-pyrrole nitrogens is 1. The van der Waals surface area contributed by atoms with Crippen molar-refractivity contribution in [1.29, 1.82) is 0 Å². The molecule has 0 radical (unpaired) electrons. The Morgan fingerprint density at radius 3 is 3.14 bits per heavy atom. The van der Waals surface area contributed by atoms with Crippen molar-refractivity contribution in [2.45, 2.75) is 13.3 Å². The number of nitrogens with zero attached hydrogens (tertiary/aromatic N) is 1. The molecule has 0 fully saturated rings.